The molecular formula is C25H34N2O2S. The Balaban J connectivity index is 2.14. The average molecular weight is 427 g/mol. The zero-order chi connectivity index (χ0) is 21.8. The summed E-state index contributed by atoms with van der Waals surface area (Å²) >= 11 is 1.64. The maximum absolute atomic E-state index is 13.3. The number of carbonyl (C=O) groups excluding carboxylic acids is 2. The fourth-order valence-electron chi connectivity index (χ4n) is 3.49. The van der Waals surface area contributed by atoms with Crippen LogP contribution < -0.4 is 0 Å². The smallest absolute Gasteiger partial charge is 0.242 e. The molecule has 0 fully saturated rings. The van der Waals surface area contributed by atoms with Crippen LogP contribution in [0.3, 0.4) is 0 Å². The minimum Gasteiger partial charge on any atom is -0.332 e. The number of amides is 2. The van der Waals surface area contributed by atoms with Crippen LogP contribution in [0.1, 0.15) is 50.0 Å². The standard InChI is InChI=1S/C25H34N2O2S/c1-4-7-14-22(6-3)25(29)26(16-5-2)20-24(28)27(19-23-15-11-17-30-23)18-21-12-9-8-10-13-21/h5,8-13,15,17,22H,2,4,6-7,14,16,18-20H2,1,3H3. The van der Waals surface area contributed by atoms with Gasteiger partial charge in [0.05, 0.1) is 6.54 Å². The summed E-state index contributed by atoms with van der Waals surface area (Å²) in [4.78, 5) is 31.1. The lowest BCUT2D eigenvalue weighted by molar-refractivity contribution is -0.143. The van der Waals surface area contributed by atoms with Gasteiger partial charge in [0, 0.05) is 23.9 Å². The van der Waals surface area contributed by atoms with Crippen molar-refractivity contribution in [2.45, 2.75) is 52.6 Å². The lowest BCUT2D eigenvalue weighted by atomic mass is 9.97. The number of rotatable bonds is 13. The molecule has 2 rings (SSSR count). The van der Waals surface area contributed by atoms with Crippen LogP contribution in [0.15, 0.2) is 60.5 Å². The highest BCUT2D eigenvalue weighted by Gasteiger charge is 2.26. The van der Waals surface area contributed by atoms with E-state index in [0.29, 0.717) is 19.6 Å². The van der Waals surface area contributed by atoms with Gasteiger partial charge < -0.3 is 9.80 Å². The molecule has 1 atom stereocenters. The van der Waals surface area contributed by atoms with Crippen molar-refractivity contribution >= 4 is 23.2 Å². The first kappa shape index (κ1) is 23.9. The average Bonchev–Trinajstić information content (AvgIpc) is 3.27. The molecule has 0 aliphatic rings. The fourth-order valence-corrected chi connectivity index (χ4v) is 4.21. The largest absolute Gasteiger partial charge is 0.332 e. The van der Waals surface area contributed by atoms with Gasteiger partial charge in [-0.2, -0.15) is 0 Å². The molecule has 0 N–H and O–H groups in total. The van der Waals surface area contributed by atoms with Gasteiger partial charge >= 0.3 is 0 Å². The van der Waals surface area contributed by atoms with E-state index in [0.717, 1.165) is 36.1 Å². The van der Waals surface area contributed by atoms with Crippen LogP contribution in [-0.2, 0) is 22.7 Å². The first-order valence-corrected chi connectivity index (χ1v) is 11.7. The molecule has 0 saturated carbocycles. The Morgan fingerprint density at radius 3 is 2.43 bits per heavy atom. The third-order valence-electron chi connectivity index (χ3n) is 5.23. The quantitative estimate of drug-likeness (QED) is 0.396. The van der Waals surface area contributed by atoms with E-state index in [-0.39, 0.29) is 24.3 Å². The zero-order valence-corrected chi connectivity index (χ0v) is 19.1. The first-order valence-electron chi connectivity index (χ1n) is 10.8. The van der Waals surface area contributed by atoms with Crippen molar-refractivity contribution in [3.05, 3.63) is 70.9 Å². The highest BCUT2D eigenvalue weighted by atomic mass is 32.1. The zero-order valence-electron chi connectivity index (χ0n) is 18.3. The second-order valence-electron chi connectivity index (χ2n) is 7.57. The predicted molar refractivity (Wildman–Crippen MR) is 125 cm³/mol. The highest BCUT2D eigenvalue weighted by molar-refractivity contribution is 7.09. The molecule has 1 aromatic heterocycles. The van der Waals surface area contributed by atoms with Crippen LogP contribution in [-0.4, -0.2) is 34.7 Å². The van der Waals surface area contributed by atoms with Crippen LogP contribution in [0.5, 0.6) is 0 Å². The molecule has 2 amide bonds. The number of thiophene rings is 1. The van der Waals surface area contributed by atoms with E-state index in [1.165, 1.54) is 0 Å². The molecule has 0 aliphatic heterocycles. The van der Waals surface area contributed by atoms with Crippen molar-refractivity contribution in [3.63, 3.8) is 0 Å². The second kappa shape index (κ2) is 13.0. The van der Waals surface area contributed by atoms with Crippen molar-refractivity contribution in [1.29, 1.82) is 0 Å². The maximum Gasteiger partial charge on any atom is 0.242 e. The molecule has 30 heavy (non-hydrogen) atoms. The summed E-state index contributed by atoms with van der Waals surface area (Å²) in [7, 11) is 0. The van der Waals surface area contributed by atoms with Crippen molar-refractivity contribution < 1.29 is 9.59 Å². The lowest BCUT2D eigenvalue weighted by Crippen LogP contribution is -2.44. The van der Waals surface area contributed by atoms with E-state index in [9.17, 15) is 9.59 Å². The minimum atomic E-state index is -0.0344. The van der Waals surface area contributed by atoms with E-state index < -0.39 is 0 Å². The number of nitrogens with zero attached hydrogens (tertiary/aromatic N) is 2. The van der Waals surface area contributed by atoms with Crippen LogP contribution in [0.25, 0.3) is 0 Å². The number of carbonyl (C=O) groups is 2. The van der Waals surface area contributed by atoms with Gasteiger partial charge in [0.15, 0.2) is 0 Å². The summed E-state index contributed by atoms with van der Waals surface area (Å²) in [5, 5.41) is 2.02. The Hall–Kier alpha value is -2.40. The van der Waals surface area contributed by atoms with Crippen molar-refractivity contribution in [2.24, 2.45) is 5.92 Å². The third kappa shape index (κ3) is 7.45. The third-order valence-corrected chi connectivity index (χ3v) is 6.09. The van der Waals surface area contributed by atoms with Gasteiger partial charge in [-0.05, 0) is 29.9 Å². The van der Waals surface area contributed by atoms with E-state index in [2.05, 4.69) is 13.5 Å². The Morgan fingerprint density at radius 2 is 1.83 bits per heavy atom. The lowest BCUT2D eigenvalue weighted by Gasteiger charge is -2.29. The van der Waals surface area contributed by atoms with Crippen LogP contribution >= 0.6 is 11.3 Å². The van der Waals surface area contributed by atoms with Gasteiger partial charge in [0.1, 0.15) is 6.54 Å². The fraction of sp³-hybridized carbons (Fsp3) is 0.440. The van der Waals surface area contributed by atoms with E-state index in [4.69, 9.17) is 0 Å². The molecule has 1 unspecified atom stereocenters. The molecule has 1 heterocycles. The Morgan fingerprint density at radius 1 is 1.07 bits per heavy atom. The van der Waals surface area contributed by atoms with Crippen LogP contribution in [0.4, 0.5) is 0 Å². The summed E-state index contributed by atoms with van der Waals surface area (Å²) in [5.74, 6) is 0.000326. The SMILES string of the molecule is C=CCN(CC(=O)N(Cc1ccccc1)Cc1cccs1)C(=O)C(CC)CCCC. The number of hydrogen-bond acceptors (Lipinski definition) is 3. The van der Waals surface area contributed by atoms with Gasteiger partial charge in [-0.1, -0.05) is 69.2 Å². The number of benzene rings is 1. The molecule has 4 nitrogen and oxygen atoms in total. The Kier molecular flexibility index (Phi) is 10.4. The normalized spacial score (nSPS) is 11.7. The monoisotopic (exact) mass is 426 g/mol. The molecule has 1 aromatic carbocycles. The summed E-state index contributed by atoms with van der Waals surface area (Å²) < 4.78 is 0. The van der Waals surface area contributed by atoms with Crippen LogP contribution in [0.2, 0.25) is 0 Å². The predicted octanol–water partition coefficient (Wildman–Crippen LogP) is 5.51. The van der Waals surface area contributed by atoms with E-state index in [1.54, 1.807) is 22.3 Å². The van der Waals surface area contributed by atoms with E-state index in [1.807, 2.05) is 59.7 Å². The highest BCUT2D eigenvalue weighted by Crippen LogP contribution is 2.18. The van der Waals surface area contributed by atoms with E-state index >= 15 is 0 Å². The first-order chi connectivity index (χ1) is 14.6. The molecule has 162 valence electrons. The summed E-state index contributed by atoms with van der Waals surface area (Å²) in [6, 6.07) is 14.0. The number of hydrogen-bond donors (Lipinski definition) is 0. The summed E-state index contributed by atoms with van der Waals surface area (Å²) in [6.45, 7) is 9.54. The van der Waals surface area contributed by atoms with Gasteiger partial charge in [-0.15, -0.1) is 17.9 Å². The summed E-state index contributed by atoms with van der Waals surface area (Å²) in [6.07, 6.45) is 5.47. The molecule has 0 spiro atoms. The Labute approximate surface area is 185 Å². The summed E-state index contributed by atoms with van der Waals surface area (Å²) in [5.41, 5.74) is 1.08. The van der Waals surface area contributed by atoms with Gasteiger partial charge in [-0.3, -0.25) is 9.59 Å². The second-order valence-corrected chi connectivity index (χ2v) is 8.60. The molecule has 5 heteroatoms. The molecular weight excluding hydrogens is 392 g/mol. The van der Waals surface area contributed by atoms with Gasteiger partial charge in [0.2, 0.25) is 11.8 Å². The van der Waals surface area contributed by atoms with Crippen molar-refractivity contribution in [3.8, 4) is 0 Å². The maximum atomic E-state index is 13.3. The van der Waals surface area contributed by atoms with Crippen molar-refractivity contribution in [1.82, 2.24) is 9.80 Å². The van der Waals surface area contributed by atoms with Crippen LogP contribution in [0, 0.1) is 5.92 Å². The molecule has 0 saturated heterocycles. The van der Waals surface area contributed by atoms with Gasteiger partial charge in [0.25, 0.3) is 0 Å². The topological polar surface area (TPSA) is 40.6 Å². The molecule has 0 aliphatic carbocycles. The molecule has 0 radical (unpaired) electrons. The number of unbranched alkanes of at least 4 members (excludes halogenated alkanes) is 1. The molecule has 0 bridgehead atoms. The minimum absolute atomic E-state index is 0.0300. The van der Waals surface area contributed by atoms with Crippen molar-refractivity contribution in [2.75, 3.05) is 13.1 Å². The van der Waals surface area contributed by atoms with Gasteiger partial charge in [-0.25, -0.2) is 0 Å². The Bertz CT molecular complexity index is 774. The molecule has 2 aromatic rings.